The third-order valence-electron chi connectivity index (χ3n) is 2.60. The van der Waals surface area contributed by atoms with Gasteiger partial charge in [0.2, 0.25) is 0 Å². The molecule has 0 unspecified atom stereocenters. The van der Waals surface area contributed by atoms with Gasteiger partial charge >= 0.3 is 0 Å². The van der Waals surface area contributed by atoms with Gasteiger partial charge in [-0.25, -0.2) is 0 Å². The minimum atomic E-state index is -0.199. The Morgan fingerprint density at radius 3 is 2.79 bits per heavy atom. The summed E-state index contributed by atoms with van der Waals surface area (Å²) in [5.41, 5.74) is 2.87. The van der Waals surface area contributed by atoms with Crippen molar-refractivity contribution < 1.29 is 4.79 Å². The fourth-order valence-electron chi connectivity index (χ4n) is 1.66. The summed E-state index contributed by atoms with van der Waals surface area (Å²) in [4.78, 5) is 20.3. The molecule has 0 saturated heterocycles. The van der Waals surface area contributed by atoms with Gasteiger partial charge in [-0.15, -0.1) is 0 Å². The van der Waals surface area contributed by atoms with Crippen LogP contribution in [-0.2, 0) is 0 Å². The molecule has 2 rings (SSSR count). The lowest BCUT2D eigenvalue weighted by molar-refractivity contribution is 0.102. The first-order valence-corrected chi connectivity index (χ1v) is 6.12. The molecule has 0 aliphatic carbocycles. The van der Waals surface area contributed by atoms with Crippen molar-refractivity contribution in [3.63, 3.8) is 0 Å². The van der Waals surface area contributed by atoms with Crippen molar-refractivity contribution in [2.75, 3.05) is 17.2 Å². The average Bonchev–Trinajstić information content (AvgIpc) is 2.42. The molecule has 2 heterocycles. The lowest BCUT2D eigenvalue weighted by atomic mass is 10.2. The highest BCUT2D eigenvalue weighted by molar-refractivity contribution is 6.07. The van der Waals surface area contributed by atoms with E-state index in [2.05, 4.69) is 20.6 Å². The second kappa shape index (κ2) is 5.95. The molecule has 2 aromatic rings. The van der Waals surface area contributed by atoms with Crippen LogP contribution >= 0.6 is 0 Å². The molecule has 0 atom stereocenters. The standard InChI is InChI=1S/C14H16N4O/c1-3-16-13-6-7-15-9-12(13)14(19)18-11-5-4-10(2)17-8-11/h4-9H,3H2,1-2H3,(H,15,16)(H,18,19). The number of nitrogens with zero attached hydrogens (tertiary/aromatic N) is 2. The zero-order valence-electron chi connectivity index (χ0n) is 11.0. The van der Waals surface area contributed by atoms with Crippen LogP contribution in [0, 0.1) is 6.92 Å². The number of rotatable bonds is 4. The van der Waals surface area contributed by atoms with E-state index in [0.29, 0.717) is 11.3 Å². The number of aryl methyl sites for hydroxylation is 1. The van der Waals surface area contributed by atoms with Crippen LogP contribution in [0.4, 0.5) is 11.4 Å². The van der Waals surface area contributed by atoms with E-state index >= 15 is 0 Å². The highest BCUT2D eigenvalue weighted by Crippen LogP contribution is 2.15. The van der Waals surface area contributed by atoms with E-state index in [1.807, 2.05) is 26.0 Å². The van der Waals surface area contributed by atoms with E-state index in [1.54, 1.807) is 24.7 Å². The van der Waals surface area contributed by atoms with Gasteiger partial charge in [-0.3, -0.25) is 14.8 Å². The minimum absolute atomic E-state index is 0.199. The van der Waals surface area contributed by atoms with Crippen LogP contribution in [0.2, 0.25) is 0 Å². The zero-order valence-corrected chi connectivity index (χ0v) is 11.0. The summed E-state index contributed by atoms with van der Waals surface area (Å²) < 4.78 is 0. The Balaban J connectivity index is 2.18. The normalized spacial score (nSPS) is 10.0. The molecule has 0 spiro atoms. The molecular weight excluding hydrogens is 240 g/mol. The molecule has 2 aromatic heterocycles. The number of carbonyl (C=O) groups excluding carboxylic acids is 1. The van der Waals surface area contributed by atoms with Crippen molar-refractivity contribution in [3.8, 4) is 0 Å². The predicted octanol–water partition coefficient (Wildman–Crippen LogP) is 2.47. The monoisotopic (exact) mass is 256 g/mol. The van der Waals surface area contributed by atoms with Crippen LogP contribution in [0.1, 0.15) is 23.0 Å². The van der Waals surface area contributed by atoms with Crippen molar-refractivity contribution in [1.29, 1.82) is 0 Å². The van der Waals surface area contributed by atoms with E-state index in [1.165, 1.54) is 0 Å². The van der Waals surface area contributed by atoms with E-state index in [-0.39, 0.29) is 5.91 Å². The molecule has 5 heteroatoms. The van der Waals surface area contributed by atoms with Gasteiger partial charge in [0.05, 0.1) is 23.1 Å². The first-order chi connectivity index (χ1) is 9.20. The summed E-state index contributed by atoms with van der Waals surface area (Å²) in [5, 5.41) is 5.94. The van der Waals surface area contributed by atoms with Crippen LogP contribution < -0.4 is 10.6 Å². The number of anilines is 2. The molecule has 0 radical (unpaired) electrons. The summed E-state index contributed by atoms with van der Waals surface area (Å²) in [5.74, 6) is -0.199. The van der Waals surface area contributed by atoms with Gasteiger partial charge < -0.3 is 10.6 Å². The molecule has 0 aromatic carbocycles. The van der Waals surface area contributed by atoms with E-state index < -0.39 is 0 Å². The fraction of sp³-hybridized carbons (Fsp3) is 0.214. The number of nitrogens with one attached hydrogen (secondary N) is 2. The zero-order chi connectivity index (χ0) is 13.7. The van der Waals surface area contributed by atoms with Gasteiger partial charge in [-0.2, -0.15) is 0 Å². The molecule has 0 fully saturated rings. The van der Waals surface area contributed by atoms with Crippen LogP contribution in [0.15, 0.2) is 36.8 Å². The van der Waals surface area contributed by atoms with Crippen LogP contribution in [0.3, 0.4) is 0 Å². The molecule has 19 heavy (non-hydrogen) atoms. The second-order valence-electron chi connectivity index (χ2n) is 4.09. The molecule has 2 N–H and O–H groups in total. The topological polar surface area (TPSA) is 66.9 Å². The third-order valence-corrected chi connectivity index (χ3v) is 2.60. The summed E-state index contributed by atoms with van der Waals surface area (Å²) in [7, 11) is 0. The molecule has 0 bridgehead atoms. The van der Waals surface area contributed by atoms with Gasteiger partial charge in [0.25, 0.3) is 5.91 Å². The number of amides is 1. The Kier molecular flexibility index (Phi) is 4.07. The first-order valence-electron chi connectivity index (χ1n) is 6.12. The molecular formula is C14H16N4O. The van der Waals surface area contributed by atoms with Gasteiger partial charge in [0.1, 0.15) is 0 Å². The van der Waals surface area contributed by atoms with Gasteiger partial charge in [0, 0.05) is 24.6 Å². The molecule has 98 valence electrons. The minimum Gasteiger partial charge on any atom is -0.385 e. The highest BCUT2D eigenvalue weighted by atomic mass is 16.1. The van der Waals surface area contributed by atoms with Crippen LogP contribution in [0.5, 0.6) is 0 Å². The SMILES string of the molecule is CCNc1ccncc1C(=O)Nc1ccc(C)nc1. The van der Waals surface area contributed by atoms with Crippen LogP contribution in [-0.4, -0.2) is 22.4 Å². The smallest absolute Gasteiger partial charge is 0.259 e. The summed E-state index contributed by atoms with van der Waals surface area (Å²) in [6, 6.07) is 5.46. The average molecular weight is 256 g/mol. The quantitative estimate of drug-likeness (QED) is 0.881. The molecule has 0 aliphatic heterocycles. The Labute approximate surface area is 112 Å². The Morgan fingerprint density at radius 1 is 1.26 bits per heavy atom. The number of aromatic nitrogens is 2. The maximum Gasteiger partial charge on any atom is 0.259 e. The lowest BCUT2D eigenvalue weighted by Gasteiger charge is -2.10. The predicted molar refractivity (Wildman–Crippen MR) is 75.3 cm³/mol. The Morgan fingerprint density at radius 2 is 2.11 bits per heavy atom. The molecule has 1 amide bonds. The van der Waals surface area contributed by atoms with E-state index in [4.69, 9.17) is 0 Å². The Hall–Kier alpha value is -2.43. The summed E-state index contributed by atoms with van der Waals surface area (Å²) in [6.07, 6.45) is 4.84. The highest BCUT2D eigenvalue weighted by Gasteiger charge is 2.11. The summed E-state index contributed by atoms with van der Waals surface area (Å²) >= 11 is 0. The number of hydrogen-bond donors (Lipinski definition) is 2. The van der Waals surface area contributed by atoms with Gasteiger partial charge in [-0.05, 0) is 32.0 Å². The fourth-order valence-corrected chi connectivity index (χ4v) is 1.66. The van der Waals surface area contributed by atoms with E-state index in [9.17, 15) is 4.79 Å². The number of hydrogen-bond acceptors (Lipinski definition) is 4. The Bertz CT molecular complexity index is 566. The number of pyridine rings is 2. The largest absolute Gasteiger partial charge is 0.385 e. The first kappa shape index (κ1) is 13.0. The van der Waals surface area contributed by atoms with Crippen molar-refractivity contribution in [3.05, 3.63) is 48.0 Å². The summed E-state index contributed by atoms with van der Waals surface area (Å²) in [6.45, 7) is 4.62. The van der Waals surface area contributed by atoms with Gasteiger partial charge in [-0.1, -0.05) is 0 Å². The second-order valence-corrected chi connectivity index (χ2v) is 4.09. The maximum atomic E-state index is 12.2. The van der Waals surface area contributed by atoms with Crippen molar-refractivity contribution in [2.24, 2.45) is 0 Å². The number of carbonyl (C=O) groups is 1. The van der Waals surface area contributed by atoms with E-state index in [0.717, 1.165) is 17.9 Å². The van der Waals surface area contributed by atoms with Gasteiger partial charge in [0.15, 0.2) is 0 Å². The van der Waals surface area contributed by atoms with Crippen LogP contribution in [0.25, 0.3) is 0 Å². The van der Waals surface area contributed by atoms with Crippen molar-refractivity contribution in [1.82, 2.24) is 9.97 Å². The van der Waals surface area contributed by atoms with Crippen molar-refractivity contribution in [2.45, 2.75) is 13.8 Å². The molecule has 0 aliphatic rings. The molecule has 5 nitrogen and oxygen atoms in total. The third kappa shape index (κ3) is 3.28. The lowest BCUT2D eigenvalue weighted by Crippen LogP contribution is -2.15. The van der Waals surface area contributed by atoms with Crippen molar-refractivity contribution >= 4 is 17.3 Å². The molecule has 0 saturated carbocycles. The maximum absolute atomic E-state index is 12.2.